The number of fused-ring (bicyclic) bond motifs is 1. The van der Waals surface area contributed by atoms with Crippen LogP contribution in [0.5, 0.6) is 5.75 Å². The third kappa shape index (κ3) is 3.27. The summed E-state index contributed by atoms with van der Waals surface area (Å²) in [5.41, 5.74) is 2.49. The van der Waals surface area contributed by atoms with Gasteiger partial charge in [-0.1, -0.05) is 12.6 Å². The highest BCUT2D eigenvalue weighted by molar-refractivity contribution is 5.87. The third-order valence-corrected chi connectivity index (χ3v) is 4.15. The van der Waals surface area contributed by atoms with Gasteiger partial charge in [-0.05, 0) is 35.8 Å². The first-order valence-electron chi connectivity index (χ1n) is 7.54. The van der Waals surface area contributed by atoms with E-state index in [0.29, 0.717) is 6.54 Å². The summed E-state index contributed by atoms with van der Waals surface area (Å²) in [7, 11) is 0. The van der Waals surface area contributed by atoms with Crippen LogP contribution in [0.15, 0.2) is 30.9 Å². The molecule has 0 bridgehead atoms. The minimum Gasteiger partial charge on any atom is -0.490 e. The summed E-state index contributed by atoms with van der Waals surface area (Å²) in [6.45, 7) is 6.51. The van der Waals surface area contributed by atoms with Crippen molar-refractivity contribution >= 4 is 5.91 Å². The number of hydrogen-bond acceptors (Lipinski definition) is 3. The summed E-state index contributed by atoms with van der Waals surface area (Å²) in [5.74, 6) is 0.893. The van der Waals surface area contributed by atoms with Gasteiger partial charge in [-0.3, -0.25) is 4.79 Å². The highest BCUT2D eigenvalue weighted by Crippen LogP contribution is 2.26. The third-order valence-electron chi connectivity index (χ3n) is 4.15. The van der Waals surface area contributed by atoms with Crippen LogP contribution in [0.2, 0.25) is 0 Å². The number of ether oxygens (including phenoxy) is 2. The standard InChI is InChI=1S/C17H21NO3/c1-2-17(19)18-8-5-13-3-4-16(11-14(13)12-18)21-15-6-9-20-10-7-15/h2-4,11,15H,1,5-10,12H2. The number of hydrogen-bond donors (Lipinski definition) is 0. The Bertz CT molecular complexity index is 535. The minimum absolute atomic E-state index is 0.00333. The Labute approximate surface area is 125 Å². The van der Waals surface area contributed by atoms with E-state index in [1.165, 1.54) is 17.2 Å². The van der Waals surface area contributed by atoms with Crippen LogP contribution in [0, 0.1) is 0 Å². The van der Waals surface area contributed by atoms with Crippen LogP contribution >= 0.6 is 0 Å². The van der Waals surface area contributed by atoms with E-state index in [-0.39, 0.29) is 12.0 Å². The molecule has 1 saturated heterocycles. The first-order chi connectivity index (χ1) is 10.3. The Morgan fingerprint density at radius 2 is 2.14 bits per heavy atom. The molecule has 0 radical (unpaired) electrons. The maximum atomic E-state index is 11.7. The fraction of sp³-hybridized carbons (Fsp3) is 0.471. The zero-order valence-corrected chi connectivity index (χ0v) is 12.2. The van der Waals surface area contributed by atoms with Gasteiger partial charge < -0.3 is 14.4 Å². The molecular weight excluding hydrogens is 266 g/mol. The van der Waals surface area contributed by atoms with Crippen molar-refractivity contribution in [1.82, 2.24) is 4.90 Å². The lowest BCUT2D eigenvalue weighted by molar-refractivity contribution is -0.126. The Morgan fingerprint density at radius 1 is 1.33 bits per heavy atom. The van der Waals surface area contributed by atoms with Crippen LogP contribution in [0.4, 0.5) is 0 Å². The number of carbonyl (C=O) groups is 1. The van der Waals surface area contributed by atoms with Gasteiger partial charge in [0.05, 0.1) is 13.2 Å². The molecule has 0 unspecified atom stereocenters. The minimum atomic E-state index is -0.00333. The van der Waals surface area contributed by atoms with Crippen LogP contribution in [0.3, 0.4) is 0 Å². The van der Waals surface area contributed by atoms with Crippen LogP contribution in [-0.2, 0) is 22.5 Å². The molecule has 0 aromatic heterocycles. The molecule has 2 heterocycles. The quantitative estimate of drug-likeness (QED) is 0.801. The van der Waals surface area contributed by atoms with Gasteiger partial charge in [-0.2, -0.15) is 0 Å². The molecule has 1 aromatic carbocycles. The molecule has 0 spiro atoms. The monoisotopic (exact) mass is 287 g/mol. The zero-order chi connectivity index (χ0) is 14.7. The first-order valence-corrected chi connectivity index (χ1v) is 7.54. The number of nitrogens with zero attached hydrogens (tertiary/aromatic N) is 1. The van der Waals surface area contributed by atoms with Crippen molar-refractivity contribution in [3.05, 3.63) is 42.0 Å². The Morgan fingerprint density at radius 3 is 2.90 bits per heavy atom. The molecule has 0 aliphatic carbocycles. The molecule has 0 atom stereocenters. The van der Waals surface area contributed by atoms with Crippen LogP contribution in [0.25, 0.3) is 0 Å². The van der Waals surface area contributed by atoms with E-state index in [1.54, 1.807) is 0 Å². The van der Waals surface area contributed by atoms with Crippen molar-refractivity contribution < 1.29 is 14.3 Å². The Balaban J connectivity index is 1.71. The number of amides is 1. The highest BCUT2D eigenvalue weighted by Gasteiger charge is 2.20. The number of rotatable bonds is 3. The average Bonchev–Trinajstić information content (AvgIpc) is 2.54. The molecule has 1 fully saturated rings. The Kier molecular flexibility index (Phi) is 4.25. The summed E-state index contributed by atoms with van der Waals surface area (Å²) < 4.78 is 11.4. The molecule has 4 heteroatoms. The normalized spacial score (nSPS) is 19.0. The van der Waals surface area contributed by atoms with E-state index in [9.17, 15) is 4.79 Å². The topological polar surface area (TPSA) is 38.8 Å². The molecule has 0 saturated carbocycles. The fourth-order valence-corrected chi connectivity index (χ4v) is 2.91. The molecule has 1 aromatic rings. The molecule has 1 amide bonds. The predicted molar refractivity (Wildman–Crippen MR) is 80.2 cm³/mol. The second kappa shape index (κ2) is 6.31. The van der Waals surface area contributed by atoms with Crippen LogP contribution in [-0.4, -0.2) is 36.7 Å². The van der Waals surface area contributed by atoms with E-state index in [2.05, 4.69) is 18.7 Å². The van der Waals surface area contributed by atoms with E-state index in [1.807, 2.05) is 11.0 Å². The SMILES string of the molecule is C=CC(=O)N1CCc2ccc(OC3CCOCC3)cc2C1. The summed E-state index contributed by atoms with van der Waals surface area (Å²) in [4.78, 5) is 13.6. The molecule has 0 N–H and O–H groups in total. The van der Waals surface area contributed by atoms with Gasteiger partial charge >= 0.3 is 0 Å². The number of carbonyl (C=O) groups excluding carboxylic acids is 1. The van der Waals surface area contributed by atoms with E-state index >= 15 is 0 Å². The maximum Gasteiger partial charge on any atom is 0.246 e. The molecule has 21 heavy (non-hydrogen) atoms. The summed E-state index contributed by atoms with van der Waals surface area (Å²) in [5, 5.41) is 0. The lowest BCUT2D eigenvalue weighted by Crippen LogP contribution is -2.34. The summed E-state index contributed by atoms with van der Waals surface area (Å²) in [6, 6.07) is 6.24. The van der Waals surface area contributed by atoms with Gasteiger partial charge in [0.2, 0.25) is 5.91 Å². The zero-order valence-electron chi connectivity index (χ0n) is 12.2. The van der Waals surface area contributed by atoms with Crippen molar-refractivity contribution in [3.8, 4) is 5.75 Å². The smallest absolute Gasteiger partial charge is 0.246 e. The lowest BCUT2D eigenvalue weighted by atomic mass is 9.99. The largest absolute Gasteiger partial charge is 0.490 e. The van der Waals surface area contributed by atoms with Gasteiger partial charge in [-0.25, -0.2) is 0 Å². The van der Waals surface area contributed by atoms with E-state index < -0.39 is 0 Å². The van der Waals surface area contributed by atoms with Gasteiger partial charge in [0, 0.05) is 25.9 Å². The summed E-state index contributed by atoms with van der Waals surface area (Å²) >= 11 is 0. The van der Waals surface area contributed by atoms with Crippen molar-refractivity contribution in [1.29, 1.82) is 0 Å². The van der Waals surface area contributed by atoms with Crippen LogP contribution < -0.4 is 4.74 Å². The highest BCUT2D eigenvalue weighted by atomic mass is 16.5. The van der Waals surface area contributed by atoms with Gasteiger partial charge in [0.15, 0.2) is 0 Å². The van der Waals surface area contributed by atoms with Crippen molar-refractivity contribution in [2.75, 3.05) is 19.8 Å². The predicted octanol–water partition coefficient (Wildman–Crippen LogP) is 2.32. The lowest BCUT2D eigenvalue weighted by Gasteiger charge is -2.29. The van der Waals surface area contributed by atoms with Gasteiger partial charge in [0.1, 0.15) is 11.9 Å². The molecule has 2 aliphatic heterocycles. The fourth-order valence-electron chi connectivity index (χ4n) is 2.91. The van der Waals surface area contributed by atoms with E-state index in [0.717, 1.165) is 44.8 Å². The molecule has 2 aliphatic rings. The van der Waals surface area contributed by atoms with Crippen molar-refractivity contribution in [3.63, 3.8) is 0 Å². The number of benzene rings is 1. The van der Waals surface area contributed by atoms with Gasteiger partial charge in [0.25, 0.3) is 0 Å². The maximum absolute atomic E-state index is 11.7. The second-order valence-corrected chi connectivity index (χ2v) is 5.57. The molecule has 3 rings (SSSR count). The molecular formula is C17H21NO3. The average molecular weight is 287 g/mol. The Hall–Kier alpha value is -1.81. The molecule has 4 nitrogen and oxygen atoms in total. The van der Waals surface area contributed by atoms with E-state index in [4.69, 9.17) is 9.47 Å². The molecule has 112 valence electrons. The first kappa shape index (κ1) is 14.1. The summed E-state index contributed by atoms with van der Waals surface area (Å²) in [6.07, 6.45) is 4.40. The van der Waals surface area contributed by atoms with Crippen molar-refractivity contribution in [2.24, 2.45) is 0 Å². The van der Waals surface area contributed by atoms with Crippen LogP contribution in [0.1, 0.15) is 24.0 Å². The van der Waals surface area contributed by atoms with Gasteiger partial charge in [-0.15, -0.1) is 0 Å². The second-order valence-electron chi connectivity index (χ2n) is 5.57. The van der Waals surface area contributed by atoms with Crippen molar-refractivity contribution in [2.45, 2.75) is 31.9 Å².